The van der Waals surface area contributed by atoms with Crippen LogP contribution < -0.4 is 5.30 Å². The van der Waals surface area contributed by atoms with Crippen molar-refractivity contribution in [2.45, 2.75) is 20.8 Å². The summed E-state index contributed by atoms with van der Waals surface area (Å²) >= 11 is 18.3. The Morgan fingerprint density at radius 2 is 1.33 bits per heavy atom. The van der Waals surface area contributed by atoms with Crippen molar-refractivity contribution in [1.29, 1.82) is 0 Å². The highest BCUT2D eigenvalue weighted by atomic mass is 35.5. The number of carbonyl (C=O) groups excluding carboxylic acids is 2. The molecule has 0 saturated carbocycles. The Labute approximate surface area is 190 Å². The maximum Gasteiger partial charge on any atom is 0.459 e. The van der Waals surface area contributed by atoms with E-state index in [2.05, 4.69) is 0 Å². The van der Waals surface area contributed by atoms with E-state index in [1.54, 1.807) is 26.0 Å². The van der Waals surface area contributed by atoms with Crippen LogP contribution in [0.5, 0.6) is 0 Å². The zero-order valence-corrected chi connectivity index (χ0v) is 19.6. The molecule has 0 radical (unpaired) electrons. The van der Waals surface area contributed by atoms with E-state index in [-0.39, 0.29) is 26.5 Å². The lowest BCUT2D eigenvalue weighted by atomic mass is 10.0. The van der Waals surface area contributed by atoms with Crippen LogP contribution in [0.15, 0.2) is 48.5 Å². The lowest BCUT2D eigenvalue weighted by molar-refractivity contribution is 0.103. The molecule has 30 heavy (non-hydrogen) atoms. The molecule has 0 aliphatic carbocycles. The smallest absolute Gasteiger partial charge is 0.288 e. The van der Waals surface area contributed by atoms with E-state index >= 15 is 0 Å². The second-order valence-electron chi connectivity index (χ2n) is 6.96. The summed E-state index contributed by atoms with van der Waals surface area (Å²) in [5, 5.41) is 0.600. The van der Waals surface area contributed by atoms with Gasteiger partial charge in [-0.25, -0.2) is 4.79 Å². The fourth-order valence-electron chi connectivity index (χ4n) is 3.46. The summed E-state index contributed by atoms with van der Waals surface area (Å²) in [4.78, 5) is 26.3. The van der Waals surface area contributed by atoms with Crippen LogP contribution in [0.25, 0.3) is 0 Å². The van der Waals surface area contributed by atoms with Gasteiger partial charge in [0.25, 0.3) is 0 Å². The van der Waals surface area contributed by atoms with Gasteiger partial charge in [-0.05, 0) is 56.2 Å². The second kappa shape index (κ2) is 8.99. The topological polar surface area (TPSA) is 51.2 Å². The molecule has 0 bridgehead atoms. The Morgan fingerprint density at radius 1 is 0.800 bits per heavy atom. The molecular formula is C23H17Cl3O3P+. The van der Waals surface area contributed by atoms with Gasteiger partial charge in [-0.15, -0.1) is 0 Å². The monoisotopic (exact) mass is 477 g/mol. The Bertz CT molecular complexity index is 1170. The van der Waals surface area contributed by atoms with E-state index in [1.165, 1.54) is 24.3 Å². The third-order valence-corrected chi connectivity index (χ3v) is 6.91. The lowest BCUT2D eigenvalue weighted by Crippen LogP contribution is -2.17. The van der Waals surface area contributed by atoms with Crippen molar-refractivity contribution in [3.05, 3.63) is 97.0 Å². The minimum Gasteiger partial charge on any atom is -0.288 e. The van der Waals surface area contributed by atoms with Crippen molar-refractivity contribution in [2.24, 2.45) is 0 Å². The van der Waals surface area contributed by atoms with Crippen LogP contribution in [0.1, 0.15) is 43.0 Å². The zero-order chi connectivity index (χ0) is 22.2. The van der Waals surface area contributed by atoms with Crippen LogP contribution in [0.4, 0.5) is 0 Å². The normalized spacial score (nSPS) is 11.3. The highest BCUT2D eigenvalue weighted by Crippen LogP contribution is 2.34. The van der Waals surface area contributed by atoms with E-state index in [0.717, 1.165) is 16.7 Å². The van der Waals surface area contributed by atoms with Gasteiger partial charge in [-0.3, -0.25) is 4.79 Å². The first-order valence-electron chi connectivity index (χ1n) is 8.99. The summed E-state index contributed by atoms with van der Waals surface area (Å²) in [6, 6.07) is 12.8. The largest absolute Gasteiger partial charge is 0.459 e. The Morgan fingerprint density at radius 3 is 1.90 bits per heavy atom. The lowest BCUT2D eigenvalue weighted by Gasteiger charge is -2.08. The average molecular weight is 479 g/mol. The molecule has 1 atom stereocenters. The van der Waals surface area contributed by atoms with Crippen molar-refractivity contribution < 1.29 is 14.2 Å². The van der Waals surface area contributed by atoms with Gasteiger partial charge in [0.1, 0.15) is 0 Å². The number of aryl methyl sites for hydroxylation is 3. The molecule has 3 aromatic carbocycles. The van der Waals surface area contributed by atoms with Gasteiger partial charge in [-0.2, -0.15) is 0 Å². The van der Waals surface area contributed by atoms with Crippen LogP contribution in [0, 0.1) is 20.8 Å². The third kappa shape index (κ3) is 4.36. The number of hydrogen-bond donors (Lipinski definition) is 0. The number of carbonyl (C=O) groups is 2. The van der Waals surface area contributed by atoms with Crippen molar-refractivity contribution in [1.82, 2.24) is 0 Å². The van der Waals surface area contributed by atoms with E-state index in [1.807, 2.05) is 19.1 Å². The fraction of sp³-hybridized carbons (Fsp3) is 0.130. The predicted molar refractivity (Wildman–Crippen MR) is 124 cm³/mol. The Hall–Kier alpha value is -2.03. The summed E-state index contributed by atoms with van der Waals surface area (Å²) in [5.74, 6) is -0.522. The Kier molecular flexibility index (Phi) is 6.79. The molecule has 1 unspecified atom stereocenters. The molecule has 0 saturated heterocycles. The highest BCUT2D eigenvalue weighted by molar-refractivity contribution is 7.71. The highest BCUT2D eigenvalue weighted by Gasteiger charge is 2.38. The maximum absolute atomic E-state index is 13.3. The minimum absolute atomic E-state index is 0.0497. The maximum atomic E-state index is 13.3. The molecule has 152 valence electrons. The van der Waals surface area contributed by atoms with Gasteiger partial charge < -0.3 is 0 Å². The summed E-state index contributed by atoms with van der Waals surface area (Å²) in [6.07, 6.45) is 0. The predicted octanol–water partition coefficient (Wildman–Crippen LogP) is 7.10. The fourth-order valence-corrected chi connectivity index (χ4v) is 5.84. The number of ketones is 1. The number of rotatable bonds is 5. The number of halogens is 3. The van der Waals surface area contributed by atoms with E-state index in [0.29, 0.717) is 10.6 Å². The Balaban J connectivity index is 2.09. The van der Waals surface area contributed by atoms with E-state index < -0.39 is 19.1 Å². The molecule has 0 aliphatic rings. The standard InChI is InChI=1S/C23H17Cl3O3P/c1-12-8-13(2)20(14(3)9-12)23(28)30(29)19-7-5-4-6-16(19)22(27)21-17(25)10-15(24)11-18(21)26/h4-11H,1-3H3/q+1. The molecule has 0 aromatic heterocycles. The summed E-state index contributed by atoms with van der Waals surface area (Å²) < 4.78 is 13.3. The first-order valence-corrected chi connectivity index (χ1v) is 11.4. The molecule has 0 N–H and O–H groups in total. The van der Waals surface area contributed by atoms with Gasteiger partial charge in [0.15, 0.2) is 0 Å². The third-order valence-electron chi connectivity index (χ3n) is 4.68. The van der Waals surface area contributed by atoms with Gasteiger partial charge in [0.2, 0.25) is 11.1 Å². The van der Waals surface area contributed by atoms with Crippen LogP contribution in [0.3, 0.4) is 0 Å². The van der Waals surface area contributed by atoms with Crippen molar-refractivity contribution in [3.8, 4) is 0 Å². The molecule has 0 fully saturated rings. The molecule has 0 amide bonds. The van der Waals surface area contributed by atoms with Gasteiger partial charge >= 0.3 is 13.3 Å². The van der Waals surface area contributed by atoms with Crippen molar-refractivity contribution >= 4 is 59.2 Å². The molecule has 0 aliphatic heterocycles. The van der Waals surface area contributed by atoms with E-state index in [9.17, 15) is 14.2 Å². The van der Waals surface area contributed by atoms with Crippen molar-refractivity contribution in [3.63, 3.8) is 0 Å². The SMILES string of the molecule is Cc1cc(C)c(C(=O)[P+](=O)c2ccccc2C(=O)c2c(Cl)cc(Cl)cc2Cl)c(C)c1. The molecular weight excluding hydrogens is 462 g/mol. The van der Waals surface area contributed by atoms with Crippen LogP contribution in [-0.4, -0.2) is 11.3 Å². The second-order valence-corrected chi connectivity index (χ2v) is 9.69. The molecule has 0 heterocycles. The van der Waals surface area contributed by atoms with Crippen LogP contribution >= 0.6 is 42.6 Å². The average Bonchev–Trinajstić information content (AvgIpc) is 2.65. The van der Waals surface area contributed by atoms with Gasteiger partial charge in [0, 0.05) is 5.02 Å². The summed E-state index contributed by atoms with van der Waals surface area (Å²) in [7, 11) is -2.55. The zero-order valence-electron chi connectivity index (χ0n) is 16.4. The van der Waals surface area contributed by atoms with Crippen LogP contribution in [-0.2, 0) is 4.57 Å². The number of benzene rings is 3. The first-order chi connectivity index (χ1) is 14.1. The molecule has 3 rings (SSSR count). The summed E-state index contributed by atoms with van der Waals surface area (Å²) in [6.45, 7) is 5.54. The first kappa shape index (κ1) is 22.7. The molecule has 3 nitrogen and oxygen atoms in total. The molecule has 7 heteroatoms. The molecule has 0 spiro atoms. The van der Waals surface area contributed by atoms with E-state index in [4.69, 9.17) is 34.8 Å². The minimum atomic E-state index is -2.55. The van der Waals surface area contributed by atoms with Gasteiger partial charge in [0.05, 0.1) is 26.7 Å². The quantitative estimate of drug-likeness (QED) is 0.290. The summed E-state index contributed by atoms with van der Waals surface area (Å²) in [5.41, 5.74) is 2.55. The van der Waals surface area contributed by atoms with Crippen molar-refractivity contribution in [2.75, 3.05) is 0 Å². The number of hydrogen-bond acceptors (Lipinski definition) is 3. The van der Waals surface area contributed by atoms with Gasteiger partial charge in [-0.1, -0.05) is 69.2 Å². The van der Waals surface area contributed by atoms with Crippen LogP contribution in [0.2, 0.25) is 15.1 Å². The molecule has 3 aromatic rings.